The zero-order valence-electron chi connectivity index (χ0n) is 8.85. The molecule has 0 saturated carbocycles. The van der Waals surface area contributed by atoms with E-state index in [1.807, 2.05) is 30.3 Å². The Labute approximate surface area is 150 Å². The summed E-state index contributed by atoms with van der Waals surface area (Å²) in [6, 6.07) is 9.37. The summed E-state index contributed by atoms with van der Waals surface area (Å²) in [4.78, 5) is 10.2. The monoisotopic (exact) mass is 403 g/mol. The summed E-state index contributed by atoms with van der Waals surface area (Å²) in [6.07, 6.45) is -0.742. The molecular weight excluding hydrogens is 390 g/mol. The zero-order valence-corrected chi connectivity index (χ0v) is 14.6. The van der Waals surface area contributed by atoms with Crippen LogP contribution in [0.25, 0.3) is 0 Å². The molecule has 1 rings (SSSR count). The van der Waals surface area contributed by atoms with Gasteiger partial charge in [-0.2, -0.15) is 0 Å². The van der Waals surface area contributed by atoms with E-state index in [-0.39, 0.29) is 93.5 Å². The number of carbonyl (C=O) groups is 1. The molecule has 0 aliphatic carbocycles. The van der Waals surface area contributed by atoms with Crippen molar-refractivity contribution in [3.63, 3.8) is 0 Å². The minimum atomic E-state index is -0.742. The molecule has 0 heterocycles. The van der Waals surface area contributed by atoms with Crippen molar-refractivity contribution >= 4 is 92.9 Å². The van der Waals surface area contributed by atoms with Gasteiger partial charge in [-0.3, -0.25) is 0 Å². The summed E-state index contributed by atoms with van der Waals surface area (Å²) < 4.78 is 4.57. The number of hydrogen-bond donors (Lipinski definition) is 1. The molecule has 0 spiro atoms. The lowest BCUT2D eigenvalue weighted by Crippen LogP contribution is -2.12. The van der Waals surface area contributed by atoms with Crippen molar-refractivity contribution in [1.82, 2.24) is 0 Å². The molecule has 0 saturated heterocycles. The predicted molar refractivity (Wildman–Crippen MR) is 91.6 cm³/mol. The Morgan fingerprint density at radius 2 is 1.28 bits per heavy atom. The van der Waals surface area contributed by atoms with Crippen LogP contribution in [-0.4, -0.2) is 6.09 Å². The smallest absolute Gasteiger partial charge is 0.404 e. The van der Waals surface area contributed by atoms with Crippen molar-refractivity contribution in [1.29, 1.82) is 0 Å². The maximum atomic E-state index is 10.2. The Kier molecular flexibility index (Phi) is 62.2. The maximum Gasteiger partial charge on any atom is 0.404 e. The maximum absolute atomic E-state index is 10.2. The fraction of sp³-hybridized carbons (Fsp3) is 0.125. The average molecular weight is 406 g/mol. The van der Waals surface area contributed by atoms with Gasteiger partial charge in [0.1, 0.15) is 6.61 Å². The molecular formula is C8H16Cl7NO2. The van der Waals surface area contributed by atoms with Crippen LogP contribution >= 0.6 is 86.8 Å². The van der Waals surface area contributed by atoms with Crippen LogP contribution in [-0.2, 0) is 11.3 Å². The molecule has 1 aromatic carbocycles. The van der Waals surface area contributed by atoms with Crippen LogP contribution < -0.4 is 5.73 Å². The molecule has 18 heavy (non-hydrogen) atoms. The van der Waals surface area contributed by atoms with Gasteiger partial charge in [-0.05, 0) is 5.56 Å². The lowest BCUT2D eigenvalue weighted by molar-refractivity contribution is 0.150. The van der Waals surface area contributed by atoms with Gasteiger partial charge in [0.2, 0.25) is 0 Å². The lowest BCUT2D eigenvalue weighted by Gasteiger charge is -1.99. The Hall–Kier alpha value is 0.520. The number of amides is 1. The summed E-state index contributed by atoms with van der Waals surface area (Å²) in [7, 11) is 0. The standard InChI is InChI=1S/C8H9NO2.7ClH/c9-8(10)11-6-7-4-2-1-3-5-7;;;;;;;/h1-5H,6H2,(H2,9,10);7*1H. The van der Waals surface area contributed by atoms with Crippen LogP contribution in [0.3, 0.4) is 0 Å². The van der Waals surface area contributed by atoms with Crippen molar-refractivity contribution < 1.29 is 9.53 Å². The number of nitrogens with two attached hydrogens (primary N) is 1. The third kappa shape index (κ3) is 21.8. The Morgan fingerprint density at radius 3 is 1.61 bits per heavy atom. The first-order valence-electron chi connectivity index (χ1n) is 3.25. The van der Waals surface area contributed by atoms with Gasteiger partial charge in [0.15, 0.2) is 0 Å². The van der Waals surface area contributed by atoms with Gasteiger partial charge in [0.25, 0.3) is 0 Å². The van der Waals surface area contributed by atoms with Crippen molar-refractivity contribution in [3.8, 4) is 0 Å². The summed E-state index contributed by atoms with van der Waals surface area (Å²) in [5, 5.41) is 0. The van der Waals surface area contributed by atoms with Gasteiger partial charge < -0.3 is 10.5 Å². The van der Waals surface area contributed by atoms with E-state index in [9.17, 15) is 4.79 Å². The number of rotatable bonds is 2. The van der Waals surface area contributed by atoms with E-state index in [0.717, 1.165) is 5.56 Å². The third-order valence-electron chi connectivity index (χ3n) is 1.22. The minimum Gasteiger partial charge on any atom is -0.445 e. The summed E-state index contributed by atoms with van der Waals surface area (Å²) >= 11 is 0. The molecule has 0 aromatic heterocycles. The van der Waals surface area contributed by atoms with E-state index in [1.54, 1.807) is 0 Å². The van der Waals surface area contributed by atoms with E-state index in [1.165, 1.54) is 0 Å². The quantitative estimate of drug-likeness (QED) is 0.799. The Morgan fingerprint density at radius 1 is 0.889 bits per heavy atom. The van der Waals surface area contributed by atoms with Crippen LogP contribution in [0.4, 0.5) is 4.79 Å². The summed E-state index contributed by atoms with van der Waals surface area (Å²) in [5.74, 6) is 0. The topological polar surface area (TPSA) is 52.3 Å². The van der Waals surface area contributed by atoms with E-state index in [4.69, 9.17) is 5.73 Å². The molecule has 10 heteroatoms. The first kappa shape index (κ1) is 42.8. The second-order valence-corrected chi connectivity index (χ2v) is 2.09. The molecule has 0 fully saturated rings. The summed E-state index contributed by atoms with van der Waals surface area (Å²) in [6.45, 7) is 0.246. The van der Waals surface area contributed by atoms with Crippen molar-refractivity contribution in [2.45, 2.75) is 6.61 Å². The number of ether oxygens (including phenoxy) is 1. The Bertz CT molecular complexity index is 250. The molecule has 0 aliphatic heterocycles. The SMILES string of the molecule is Cl.Cl.Cl.Cl.Cl.Cl.Cl.NC(=O)OCc1ccccc1. The largest absolute Gasteiger partial charge is 0.445 e. The molecule has 0 radical (unpaired) electrons. The van der Waals surface area contributed by atoms with Crippen molar-refractivity contribution in [2.24, 2.45) is 5.73 Å². The van der Waals surface area contributed by atoms with E-state index < -0.39 is 6.09 Å². The molecule has 1 amide bonds. The van der Waals surface area contributed by atoms with Crippen molar-refractivity contribution in [2.75, 3.05) is 0 Å². The number of primary amides is 1. The van der Waals surface area contributed by atoms with Gasteiger partial charge >= 0.3 is 6.09 Å². The highest BCUT2D eigenvalue weighted by molar-refractivity contribution is 5.86. The van der Waals surface area contributed by atoms with Gasteiger partial charge in [-0.15, -0.1) is 86.8 Å². The number of hydrogen-bond acceptors (Lipinski definition) is 2. The Balaban J connectivity index is -0.0000000346. The minimum absolute atomic E-state index is 0. The molecule has 2 N–H and O–H groups in total. The molecule has 0 atom stereocenters. The lowest BCUT2D eigenvalue weighted by atomic mass is 10.2. The zero-order chi connectivity index (χ0) is 8.10. The highest BCUT2D eigenvalue weighted by Crippen LogP contribution is 1.99. The van der Waals surface area contributed by atoms with Gasteiger partial charge in [0.05, 0.1) is 0 Å². The fourth-order valence-electron chi connectivity index (χ4n) is 0.729. The van der Waals surface area contributed by atoms with Crippen LogP contribution in [0, 0.1) is 0 Å². The predicted octanol–water partition coefficient (Wildman–Crippen LogP) is 4.23. The van der Waals surface area contributed by atoms with Crippen LogP contribution in [0.1, 0.15) is 5.56 Å². The van der Waals surface area contributed by atoms with Gasteiger partial charge in [-0.25, -0.2) is 4.79 Å². The molecule has 114 valence electrons. The van der Waals surface area contributed by atoms with Crippen LogP contribution in [0.15, 0.2) is 30.3 Å². The first-order chi connectivity index (χ1) is 5.29. The number of benzene rings is 1. The molecule has 0 bridgehead atoms. The van der Waals surface area contributed by atoms with E-state index in [0.29, 0.717) is 0 Å². The second-order valence-electron chi connectivity index (χ2n) is 2.09. The summed E-state index contributed by atoms with van der Waals surface area (Å²) in [5.41, 5.74) is 5.72. The number of halogens is 7. The fourth-order valence-corrected chi connectivity index (χ4v) is 0.729. The first-order valence-corrected chi connectivity index (χ1v) is 3.25. The van der Waals surface area contributed by atoms with Crippen LogP contribution in [0.2, 0.25) is 0 Å². The van der Waals surface area contributed by atoms with Crippen LogP contribution in [0.5, 0.6) is 0 Å². The third-order valence-corrected chi connectivity index (χ3v) is 1.22. The molecule has 0 aliphatic rings. The van der Waals surface area contributed by atoms with Gasteiger partial charge in [-0.1, -0.05) is 30.3 Å². The molecule has 3 nitrogen and oxygen atoms in total. The second kappa shape index (κ2) is 26.2. The number of carbonyl (C=O) groups excluding carboxylic acids is 1. The average Bonchev–Trinajstić information content (AvgIpc) is 2.03. The molecule has 1 aromatic rings. The normalized spacial score (nSPS) is 5.56. The van der Waals surface area contributed by atoms with Crippen molar-refractivity contribution in [3.05, 3.63) is 35.9 Å². The van der Waals surface area contributed by atoms with Gasteiger partial charge in [0, 0.05) is 0 Å². The van der Waals surface area contributed by atoms with E-state index >= 15 is 0 Å². The molecule has 0 unspecified atom stereocenters. The van der Waals surface area contributed by atoms with E-state index in [2.05, 4.69) is 4.74 Å². The highest BCUT2D eigenvalue weighted by atomic mass is 35.5. The highest BCUT2D eigenvalue weighted by Gasteiger charge is 1.93.